The third kappa shape index (κ3) is 9.99. The van der Waals surface area contributed by atoms with Crippen LogP contribution in [-0.4, -0.2) is 66.3 Å². The summed E-state index contributed by atoms with van der Waals surface area (Å²) in [6.07, 6.45) is 3.38. The Bertz CT molecular complexity index is 1280. The van der Waals surface area contributed by atoms with Crippen LogP contribution in [-0.2, 0) is 35.1 Å². The maximum Gasteiger partial charge on any atom is 0.328 e. The molecule has 2 aromatic carbocycles. The molecule has 1 aliphatic rings. The van der Waals surface area contributed by atoms with Crippen LogP contribution in [0.15, 0.2) is 66.4 Å². The predicted octanol–water partition coefficient (Wildman–Crippen LogP) is 2.59. The minimum Gasteiger partial charge on any atom is -0.467 e. The zero-order valence-electron chi connectivity index (χ0n) is 24.8. The number of amides is 4. The van der Waals surface area contributed by atoms with Crippen molar-refractivity contribution in [1.82, 2.24) is 21.3 Å². The molecule has 0 aromatic heterocycles. The van der Waals surface area contributed by atoms with Gasteiger partial charge >= 0.3 is 5.97 Å². The number of hydrogen-bond acceptors (Lipinski definition) is 7. The van der Waals surface area contributed by atoms with E-state index in [1.54, 1.807) is 36.0 Å². The lowest BCUT2D eigenvalue weighted by atomic mass is 9.90. The molecule has 4 amide bonds. The topological polar surface area (TPSA) is 143 Å². The van der Waals surface area contributed by atoms with Gasteiger partial charge in [0.2, 0.25) is 18.2 Å². The van der Waals surface area contributed by atoms with Crippen LogP contribution in [0.2, 0.25) is 0 Å². The average Bonchev–Trinajstić information content (AvgIpc) is 3.01. The van der Waals surface area contributed by atoms with Crippen molar-refractivity contribution >= 4 is 47.9 Å². The van der Waals surface area contributed by atoms with Gasteiger partial charge in [0.1, 0.15) is 23.3 Å². The maximum absolute atomic E-state index is 13.7. The van der Waals surface area contributed by atoms with E-state index in [-0.39, 0.29) is 18.0 Å². The molecule has 1 heterocycles. The fourth-order valence-electron chi connectivity index (χ4n) is 4.78. The van der Waals surface area contributed by atoms with Gasteiger partial charge in [-0.3, -0.25) is 19.2 Å². The molecule has 1 fully saturated rings. The molecule has 2 aromatic rings. The molecular weight excluding hydrogens is 568 g/mol. The summed E-state index contributed by atoms with van der Waals surface area (Å²) in [7, 11) is 1.24. The van der Waals surface area contributed by atoms with Gasteiger partial charge in [-0.25, -0.2) is 4.79 Å². The molecule has 0 unspecified atom stereocenters. The minimum absolute atomic E-state index is 0.0258. The van der Waals surface area contributed by atoms with Crippen molar-refractivity contribution in [2.45, 2.75) is 57.2 Å². The van der Waals surface area contributed by atoms with Gasteiger partial charge in [-0.05, 0) is 53.9 Å². The molecule has 230 valence electrons. The third-order valence-corrected chi connectivity index (χ3v) is 8.12. The number of rotatable bonds is 14. The number of carbonyl (C=O) groups is 5. The van der Waals surface area contributed by atoms with Crippen molar-refractivity contribution < 1.29 is 28.7 Å². The van der Waals surface area contributed by atoms with E-state index < -0.39 is 41.3 Å². The third-order valence-electron chi connectivity index (χ3n) is 7.13. The first-order chi connectivity index (χ1) is 20.7. The van der Waals surface area contributed by atoms with Gasteiger partial charge in [-0.15, -0.1) is 0 Å². The maximum atomic E-state index is 13.7. The molecule has 0 aliphatic carbocycles. The van der Waals surface area contributed by atoms with E-state index in [2.05, 4.69) is 21.3 Å². The molecule has 1 saturated heterocycles. The van der Waals surface area contributed by atoms with E-state index in [1.807, 2.05) is 50.2 Å². The minimum atomic E-state index is -1.10. The van der Waals surface area contributed by atoms with Crippen molar-refractivity contribution in [3.05, 3.63) is 77.5 Å². The van der Waals surface area contributed by atoms with E-state index >= 15 is 0 Å². The lowest BCUT2D eigenvalue weighted by Gasteiger charge is -2.36. The number of esters is 1. The van der Waals surface area contributed by atoms with Crippen LogP contribution in [0, 0.1) is 5.92 Å². The summed E-state index contributed by atoms with van der Waals surface area (Å²) >= 11 is 1.70. The number of hydrogen-bond donors (Lipinski definition) is 4. The second-order valence-electron chi connectivity index (χ2n) is 10.8. The molecule has 0 saturated carbocycles. The first-order valence-corrected chi connectivity index (χ1v) is 15.4. The number of methoxy groups -OCH3 is 1. The van der Waals surface area contributed by atoms with Gasteiger partial charge in [-0.2, -0.15) is 11.8 Å². The molecule has 10 nitrogen and oxygen atoms in total. The first-order valence-electron chi connectivity index (χ1n) is 14.3. The van der Waals surface area contributed by atoms with Crippen molar-refractivity contribution in [3.63, 3.8) is 0 Å². The van der Waals surface area contributed by atoms with Crippen LogP contribution in [0.5, 0.6) is 0 Å². The largest absolute Gasteiger partial charge is 0.467 e. The molecule has 2 atom stereocenters. The second kappa shape index (κ2) is 16.5. The number of benzene rings is 2. The summed E-state index contributed by atoms with van der Waals surface area (Å²) < 4.78 is 4.94. The van der Waals surface area contributed by atoms with E-state index in [1.165, 1.54) is 13.2 Å². The van der Waals surface area contributed by atoms with Gasteiger partial charge in [0.15, 0.2) is 0 Å². The summed E-state index contributed by atoms with van der Waals surface area (Å²) in [5.41, 5.74) is 0.253. The highest BCUT2D eigenvalue weighted by Crippen LogP contribution is 2.27. The normalized spacial score (nSPS) is 15.9. The first kappa shape index (κ1) is 33.4. The lowest BCUT2D eigenvalue weighted by molar-refractivity contribution is -0.144. The number of thioether (sulfide) groups is 1. The van der Waals surface area contributed by atoms with Crippen LogP contribution in [0.4, 0.5) is 0 Å². The van der Waals surface area contributed by atoms with Crippen molar-refractivity contribution in [2.75, 3.05) is 18.6 Å². The molecular formula is C32H40N4O6S. The molecule has 4 N–H and O–H groups in total. The Hall–Kier alpha value is -4.12. The zero-order valence-corrected chi connectivity index (χ0v) is 25.6. The van der Waals surface area contributed by atoms with Crippen molar-refractivity contribution in [2.24, 2.45) is 5.92 Å². The van der Waals surface area contributed by atoms with Gasteiger partial charge in [-0.1, -0.05) is 74.5 Å². The van der Waals surface area contributed by atoms with E-state index in [0.29, 0.717) is 42.7 Å². The van der Waals surface area contributed by atoms with Gasteiger partial charge in [0.25, 0.3) is 5.91 Å². The summed E-state index contributed by atoms with van der Waals surface area (Å²) in [4.78, 5) is 64.8. The summed E-state index contributed by atoms with van der Waals surface area (Å²) in [5.74, 6) is -0.936. The Balaban J connectivity index is 1.87. The molecule has 11 heteroatoms. The number of ether oxygens (including phenoxy) is 1. The van der Waals surface area contributed by atoms with Gasteiger partial charge in [0.05, 0.1) is 7.11 Å². The molecule has 43 heavy (non-hydrogen) atoms. The van der Waals surface area contributed by atoms with Gasteiger partial charge < -0.3 is 26.0 Å². The Kier molecular flexibility index (Phi) is 12.8. The SMILES string of the molecule is COC(=O)[C@H](Cc1ccccc1)NC(=O)/C(=C/c1ccccc1)NC(=O)[C@H](CC(C)C)NC(=O)C1(NC=O)CCSCC1. The Morgan fingerprint density at radius 2 is 1.56 bits per heavy atom. The summed E-state index contributed by atoms with van der Waals surface area (Å²) in [6.45, 7) is 3.84. The Morgan fingerprint density at radius 1 is 0.930 bits per heavy atom. The molecule has 1 aliphatic heterocycles. The van der Waals surface area contributed by atoms with E-state index in [0.717, 1.165) is 5.56 Å². The fourth-order valence-corrected chi connectivity index (χ4v) is 5.97. The average molecular weight is 609 g/mol. The van der Waals surface area contributed by atoms with Crippen LogP contribution >= 0.6 is 11.8 Å². The Morgan fingerprint density at radius 3 is 2.14 bits per heavy atom. The second-order valence-corrected chi connectivity index (χ2v) is 12.0. The molecule has 0 spiro atoms. The highest BCUT2D eigenvalue weighted by atomic mass is 32.2. The quantitative estimate of drug-likeness (QED) is 0.147. The highest BCUT2D eigenvalue weighted by Gasteiger charge is 2.41. The van der Waals surface area contributed by atoms with Crippen LogP contribution in [0.3, 0.4) is 0 Å². The van der Waals surface area contributed by atoms with Crippen molar-refractivity contribution in [1.29, 1.82) is 0 Å². The smallest absolute Gasteiger partial charge is 0.328 e. The molecule has 3 rings (SSSR count). The van der Waals surface area contributed by atoms with Crippen LogP contribution in [0.1, 0.15) is 44.2 Å². The van der Waals surface area contributed by atoms with Gasteiger partial charge in [0, 0.05) is 6.42 Å². The fraction of sp³-hybridized carbons (Fsp3) is 0.406. The molecule has 0 radical (unpaired) electrons. The van der Waals surface area contributed by atoms with E-state index in [4.69, 9.17) is 4.74 Å². The van der Waals surface area contributed by atoms with Crippen LogP contribution in [0.25, 0.3) is 6.08 Å². The summed E-state index contributed by atoms with van der Waals surface area (Å²) in [6, 6.07) is 16.1. The van der Waals surface area contributed by atoms with E-state index in [9.17, 15) is 24.0 Å². The Labute approximate surface area is 256 Å². The molecule has 0 bridgehead atoms. The van der Waals surface area contributed by atoms with Crippen molar-refractivity contribution in [3.8, 4) is 0 Å². The highest BCUT2D eigenvalue weighted by molar-refractivity contribution is 7.99. The summed E-state index contributed by atoms with van der Waals surface area (Å²) in [5, 5.41) is 10.9. The standard InChI is InChI=1S/C32H40N4O6S/c1-22(2)18-25(36-31(41)32(33-21-37)14-16-43-17-15-32)28(38)34-26(19-23-10-6-4-7-11-23)29(39)35-27(30(40)42-3)20-24-12-8-5-9-13-24/h4-13,19,21-22,25,27H,14-18,20H2,1-3H3,(H,33,37)(H,34,38)(H,35,39)(H,36,41)/b26-19-/t25-,27-/m0/s1. The predicted molar refractivity (Wildman–Crippen MR) is 167 cm³/mol. The lowest BCUT2D eigenvalue weighted by Crippen LogP contribution is -2.62. The zero-order chi connectivity index (χ0) is 31.2. The van der Waals surface area contributed by atoms with Crippen LogP contribution < -0.4 is 21.3 Å². The number of carbonyl (C=O) groups excluding carboxylic acids is 5. The monoisotopic (exact) mass is 608 g/mol. The number of nitrogens with one attached hydrogen (secondary N) is 4.